The van der Waals surface area contributed by atoms with Gasteiger partial charge in [0.2, 0.25) is 0 Å². The molecule has 0 aliphatic rings. The van der Waals surface area contributed by atoms with Crippen LogP contribution in [0.15, 0.2) is 0 Å². The van der Waals surface area contributed by atoms with E-state index >= 15 is 0 Å². The van der Waals surface area contributed by atoms with E-state index in [9.17, 15) is 9.59 Å². The Labute approximate surface area is 86.3 Å². The number of carbonyl (C=O) groups is 2. The predicted octanol–water partition coefficient (Wildman–Crippen LogP) is -1.75. The maximum absolute atomic E-state index is 10.5. The fourth-order valence-electron chi connectivity index (χ4n) is 0.960. The number of nitrogens with one attached hydrogen (secondary N) is 1. The van der Waals surface area contributed by atoms with Crippen molar-refractivity contribution in [3.63, 3.8) is 0 Å². The molecule has 0 saturated heterocycles. The molecule has 7 heteroatoms. The van der Waals surface area contributed by atoms with Crippen LogP contribution < -0.4 is 5.32 Å². The van der Waals surface area contributed by atoms with Gasteiger partial charge >= 0.3 is 11.9 Å². The fraction of sp³-hybridized carbons (Fsp3) is 0.750. The lowest BCUT2D eigenvalue weighted by Gasteiger charge is -2.13. The van der Waals surface area contributed by atoms with Gasteiger partial charge in [0.1, 0.15) is 6.04 Å². The van der Waals surface area contributed by atoms with Crippen molar-refractivity contribution in [2.24, 2.45) is 0 Å². The van der Waals surface area contributed by atoms with Gasteiger partial charge in [-0.25, -0.2) is 4.79 Å². The second-order valence-corrected chi connectivity index (χ2v) is 3.00. The average molecular weight is 221 g/mol. The summed E-state index contributed by atoms with van der Waals surface area (Å²) in [4.78, 5) is 20.7. The zero-order valence-electron chi connectivity index (χ0n) is 8.09. The summed E-state index contributed by atoms with van der Waals surface area (Å²) in [6.07, 6.45) is -1.54. The number of hydrogen-bond donors (Lipinski definition) is 5. The number of carboxylic acid groups (broad SMARTS) is 2. The molecule has 0 aromatic carbocycles. The van der Waals surface area contributed by atoms with E-state index in [1.165, 1.54) is 0 Å². The van der Waals surface area contributed by atoms with Crippen molar-refractivity contribution in [3.05, 3.63) is 0 Å². The minimum atomic E-state index is -1.50. The van der Waals surface area contributed by atoms with Crippen LogP contribution in [0.1, 0.15) is 12.8 Å². The predicted molar refractivity (Wildman–Crippen MR) is 49.4 cm³/mol. The third-order valence-corrected chi connectivity index (χ3v) is 1.81. The smallest absolute Gasteiger partial charge is 0.332 e. The fourth-order valence-corrected chi connectivity index (χ4v) is 0.960. The lowest BCUT2D eigenvalue weighted by Crippen LogP contribution is -2.39. The molecule has 0 amide bonds. The minimum absolute atomic E-state index is 0.0402. The zero-order chi connectivity index (χ0) is 11.8. The highest BCUT2D eigenvalue weighted by atomic mass is 16.4. The summed E-state index contributed by atoms with van der Waals surface area (Å²) < 4.78 is 0. The highest BCUT2D eigenvalue weighted by Crippen LogP contribution is 1.94. The van der Waals surface area contributed by atoms with Gasteiger partial charge in [0.05, 0.1) is 0 Å². The molecule has 0 spiro atoms. The molecule has 0 fully saturated rings. The highest BCUT2D eigenvalue weighted by Gasteiger charge is 2.17. The first-order valence-corrected chi connectivity index (χ1v) is 4.47. The van der Waals surface area contributed by atoms with Crippen molar-refractivity contribution in [1.82, 2.24) is 5.32 Å². The molecule has 2 atom stereocenters. The summed E-state index contributed by atoms with van der Waals surface area (Å²) in [6, 6.07) is -0.920. The van der Waals surface area contributed by atoms with Crippen molar-refractivity contribution in [2.75, 3.05) is 13.2 Å². The summed E-state index contributed by atoms with van der Waals surface area (Å²) in [5, 5.41) is 36.9. The van der Waals surface area contributed by atoms with Gasteiger partial charge in [-0.15, -0.1) is 0 Å². The Morgan fingerprint density at radius 3 is 2.13 bits per heavy atom. The van der Waals surface area contributed by atoms with Gasteiger partial charge in [-0.2, -0.15) is 0 Å². The first-order valence-electron chi connectivity index (χ1n) is 4.47. The number of aliphatic hydroxyl groups excluding tert-OH is 2. The number of hydrogen-bond acceptors (Lipinski definition) is 5. The Balaban J connectivity index is 3.80. The van der Waals surface area contributed by atoms with Crippen molar-refractivity contribution in [2.45, 2.75) is 25.0 Å². The van der Waals surface area contributed by atoms with E-state index < -0.39 is 24.1 Å². The van der Waals surface area contributed by atoms with Crippen LogP contribution in [0.2, 0.25) is 0 Å². The van der Waals surface area contributed by atoms with Crippen LogP contribution in [0.4, 0.5) is 0 Å². The summed E-state index contributed by atoms with van der Waals surface area (Å²) in [6.45, 7) is -0.212. The standard InChI is InChI=1S/C8H15NO6/c10-4-2-5(7(12)13)9-3-1-6(11)8(14)15/h5-6,9-11H,1-4H2,(H,12,13)(H,14,15). The molecule has 0 aliphatic heterocycles. The molecule has 0 bridgehead atoms. The first kappa shape index (κ1) is 13.8. The molecular weight excluding hydrogens is 206 g/mol. The third-order valence-electron chi connectivity index (χ3n) is 1.81. The van der Waals surface area contributed by atoms with Gasteiger partial charge in [-0.05, 0) is 19.4 Å². The van der Waals surface area contributed by atoms with Crippen LogP contribution >= 0.6 is 0 Å². The van der Waals surface area contributed by atoms with E-state index in [4.69, 9.17) is 20.4 Å². The van der Waals surface area contributed by atoms with Gasteiger partial charge < -0.3 is 25.7 Å². The molecule has 0 rings (SSSR count). The summed E-state index contributed by atoms with van der Waals surface area (Å²) >= 11 is 0. The van der Waals surface area contributed by atoms with E-state index in [1.54, 1.807) is 0 Å². The van der Waals surface area contributed by atoms with Crippen LogP contribution in [0, 0.1) is 0 Å². The zero-order valence-corrected chi connectivity index (χ0v) is 8.09. The summed E-state index contributed by atoms with van der Waals surface area (Å²) in [5.41, 5.74) is 0. The largest absolute Gasteiger partial charge is 0.480 e. The second-order valence-electron chi connectivity index (χ2n) is 3.00. The minimum Gasteiger partial charge on any atom is -0.480 e. The maximum atomic E-state index is 10.5. The third kappa shape index (κ3) is 6.00. The molecule has 0 heterocycles. The normalized spacial score (nSPS) is 14.5. The second kappa shape index (κ2) is 7.16. The Morgan fingerprint density at radius 1 is 1.13 bits per heavy atom. The van der Waals surface area contributed by atoms with Crippen molar-refractivity contribution in [3.8, 4) is 0 Å². The number of aliphatic hydroxyl groups is 2. The molecule has 0 aromatic rings. The van der Waals surface area contributed by atoms with E-state index in [1.807, 2.05) is 0 Å². The molecule has 2 unspecified atom stereocenters. The molecule has 15 heavy (non-hydrogen) atoms. The molecule has 0 aliphatic carbocycles. The van der Waals surface area contributed by atoms with Crippen molar-refractivity contribution < 1.29 is 30.0 Å². The Kier molecular flexibility index (Phi) is 6.59. The van der Waals surface area contributed by atoms with Crippen molar-refractivity contribution in [1.29, 1.82) is 0 Å². The highest BCUT2D eigenvalue weighted by molar-refractivity contribution is 5.73. The number of aliphatic carboxylic acids is 2. The summed E-state index contributed by atoms with van der Waals surface area (Å²) in [5.74, 6) is -2.46. The first-order chi connectivity index (χ1) is 6.99. The Morgan fingerprint density at radius 2 is 1.73 bits per heavy atom. The van der Waals surface area contributed by atoms with Gasteiger partial charge in [0, 0.05) is 6.61 Å². The molecule has 0 radical (unpaired) electrons. The Hall–Kier alpha value is -1.18. The topological polar surface area (TPSA) is 127 Å². The lowest BCUT2D eigenvalue weighted by molar-refractivity contribution is -0.146. The van der Waals surface area contributed by atoms with Crippen LogP contribution in [0.3, 0.4) is 0 Å². The molecule has 88 valence electrons. The van der Waals surface area contributed by atoms with Crippen molar-refractivity contribution >= 4 is 11.9 Å². The lowest BCUT2D eigenvalue weighted by atomic mass is 10.2. The van der Waals surface area contributed by atoms with Gasteiger partial charge in [-0.1, -0.05) is 0 Å². The molecular formula is C8H15NO6. The van der Waals surface area contributed by atoms with Gasteiger partial charge in [0.25, 0.3) is 0 Å². The molecule has 0 saturated carbocycles. The van der Waals surface area contributed by atoms with E-state index in [2.05, 4.69) is 5.32 Å². The van der Waals surface area contributed by atoms with Gasteiger partial charge in [0.15, 0.2) is 6.10 Å². The monoisotopic (exact) mass is 221 g/mol. The number of rotatable bonds is 8. The quantitative estimate of drug-likeness (QED) is 0.329. The molecule has 7 nitrogen and oxygen atoms in total. The van der Waals surface area contributed by atoms with Gasteiger partial charge in [-0.3, -0.25) is 4.79 Å². The van der Waals surface area contributed by atoms with Crippen LogP contribution in [-0.2, 0) is 9.59 Å². The van der Waals surface area contributed by atoms with E-state index in [-0.39, 0.29) is 26.0 Å². The van der Waals surface area contributed by atoms with Crippen LogP contribution in [0.25, 0.3) is 0 Å². The molecule has 5 N–H and O–H groups in total. The SMILES string of the molecule is O=C(O)C(O)CCNC(CCO)C(=O)O. The number of carboxylic acids is 2. The van der Waals surface area contributed by atoms with Crippen LogP contribution in [-0.4, -0.2) is 57.7 Å². The average Bonchev–Trinajstić information content (AvgIpc) is 2.15. The van der Waals surface area contributed by atoms with E-state index in [0.29, 0.717) is 0 Å². The maximum Gasteiger partial charge on any atom is 0.332 e. The Bertz CT molecular complexity index is 219. The van der Waals surface area contributed by atoms with Crippen LogP contribution in [0.5, 0.6) is 0 Å². The summed E-state index contributed by atoms with van der Waals surface area (Å²) in [7, 11) is 0. The molecule has 0 aromatic heterocycles. The van der Waals surface area contributed by atoms with E-state index in [0.717, 1.165) is 0 Å².